The van der Waals surface area contributed by atoms with E-state index in [1.807, 2.05) is 16.9 Å². The van der Waals surface area contributed by atoms with Crippen molar-refractivity contribution in [1.82, 2.24) is 15.1 Å². The first-order valence-corrected chi connectivity index (χ1v) is 6.22. The third kappa shape index (κ3) is 2.51. The molecular weight excluding hydrogens is 234 g/mol. The summed E-state index contributed by atoms with van der Waals surface area (Å²) in [4.78, 5) is 0. The number of aromatic nitrogens is 2. The zero-order chi connectivity index (χ0) is 11.7. The molecule has 1 heterocycles. The van der Waals surface area contributed by atoms with Crippen LogP contribution >= 0.6 is 11.6 Å². The van der Waals surface area contributed by atoms with Crippen molar-refractivity contribution in [2.45, 2.75) is 25.4 Å². The van der Waals surface area contributed by atoms with E-state index in [-0.39, 0.29) is 0 Å². The maximum atomic E-state index is 5.90. The van der Waals surface area contributed by atoms with Crippen molar-refractivity contribution in [3.8, 4) is 5.69 Å². The Morgan fingerprint density at radius 1 is 1.35 bits per heavy atom. The lowest BCUT2D eigenvalue weighted by Crippen LogP contribution is -2.16. The van der Waals surface area contributed by atoms with Crippen LogP contribution in [0.4, 0.5) is 0 Å². The standard InChI is InChI=1S/C13H14ClN3/c14-11-8-16-17(9-11)13-4-2-1-3-10(13)7-15-12-5-6-12/h1-4,8-9,12,15H,5-7H2. The van der Waals surface area contributed by atoms with E-state index in [0.29, 0.717) is 11.1 Å². The normalized spacial score (nSPS) is 15.1. The number of para-hydroxylation sites is 1. The molecule has 0 bridgehead atoms. The van der Waals surface area contributed by atoms with E-state index >= 15 is 0 Å². The molecule has 0 radical (unpaired) electrons. The second-order valence-electron chi connectivity index (χ2n) is 4.39. The highest BCUT2D eigenvalue weighted by Gasteiger charge is 2.20. The molecular formula is C13H14ClN3. The Kier molecular flexibility index (Phi) is 2.87. The van der Waals surface area contributed by atoms with Gasteiger partial charge in [-0.3, -0.25) is 0 Å². The van der Waals surface area contributed by atoms with Crippen LogP contribution in [0.1, 0.15) is 18.4 Å². The Bertz CT molecular complexity index is 517. The van der Waals surface area contributed by atoms with Crippen molar-refractivity contribution >= 4 is 11.6 Å². The number of nitrogens with zero attached hydrogens (tertiary/aromatic N) is 2. The molecule has 1 aliphatic carbocycles. The van der Waals surface area contributed by atoms with Crippen molar-refractivity contribution in [2.24, 2.45) is 0 Å². The van der Waals surface area contributed by atoms with Crippen LogP contribution in [0.3, 0.4) is 0 Å². The van der Waals surface area contributed by atoms with E-state index in [1.54, 1.807) is 6.20 Å². The Hall–Kier alpha value is -1.32. The zero-order valence-corrected chi connectivity index (χ0v) is 10.2. The van der Waals surface area contributed by atoms with E-state index in [4.69, 9.17) is 11.6 Å². The quantitative estimate of drug-likeness (QED) is 0.901. The molecule has 1 aromatic carbocycles. The lowest BCUT2D eigenvalue weighted by atomic mass is 10.2. The maximum absolute atomic E-state index is 5.90. The summed E-state index contributed by atoms with van der Waals surface area (Å²) in [6.07, 6.45) is 6.09. The van der Waals surface area contributed by atoms with Gasteiger partial charge in [-0.1, -0.05) is 29.8 Å². The minimum absolute atomic E-state index is 0.662. The Labute approximate surface area is 105 Å². The molecule has 1 N–H and O–H groups in total. The number of hydrogen-bond acceptors (Lipinski definition) is 2. The minimum Gasteiger partial charge on any atom is -0.310 e. The molecule has 0 spiro atoms. The average molecular weight is 248 g/mol. The zero-order valence-electron chi connectivity index (χ0n) is 9.44. The molecule has 1 saturated carbocycles. The molecule has 0 amide bonds. The molecule has 1 aromatic heterocycles. The SMILES string of the molecule is Clc1cnn(-c2ccccc2CNC2CC2)c1. The molecule has 0 saturated heterocycles. The first-order chi connectivity index (χ1) is 8.33. The van der Waals surface area contributed by atoms with Crippen molar-refractivity contribution in [2.75, 3.05) is 0 Å². The molecule has 4 heteroatoms. The van der Waals surface area contributed by atoms with Crippen molar-refractivity contribution in [3.63, 3.8) is 0 Å². The van der Waals surface area contributed by atoms with E-state index < -0.39 is 0 Å². The van der Waals surface area contributed by atoms with Gasteiger partial charge < -0.3 is 5.32 Å². The molecule has 0 unspecified atom stereocenters. The second kappa shape index (κ2) is 4.51. The summed E-state index contributed by atoms with van der Waals surface area (Å²) in [5.41, 5.74) is 2.34. The first-order valence-electron chi connectivity index (χ1n) is 5.85. The number of rotatable bonds is 4. The van der Waals surface area contributed by atoms with Crippen LogP contribution in [0.25, 0.3) is 5.69 Å². The maximum Gasteiger partial charge on any atom is 0.0790 e. The van der Waals surface area contributed by atoms with Gasteiger partial charge >= 0.3 is 0 Å². The van der Waals surface area contributed by atoms with Gasteiger partial charge in [-0.25, -0.2) is 4.68 Å². The number of halogens is 1. The highest BCUT2D eigenvalue weighted by molar-refractivity contribution is 6.30. The lowest BCUT2D eigenvalue weighted by molar-refractivity contribution is 0.681. The van der Waals surface area contributed by atoms with Crippen molar-refractivity contribution in [1.29, 1.82) is 0 Å². The smallest absolute Gasteiger partial charge is 0.0790 e. The van der Waals surface area contributed by atoms with E-state index in [0.717, 1.165) is 12.2 Å². The van der Waals surface area contributed by atoms with Crippen LogP contribution in [0.2, 0.25) is 5.02 Å². The third-order valence-corrected chi connectivity index (χ3v) is 3.14. The highest BCUT2D eigenvalue weighted by Crippen LogP contribution is 2.21. The Morgan fingerprint density at radius 3 is 2.88 bits per heavy atom. The topological polar surface area (TPSA) is 29.9 Å². The van der Waals surface area contributed by atoms with Gasteiger partial charge in [0.05, 0.1) is 16.9 Å². The highest BCUT2D eigenvalue weighted by atomic mass is 35.5. The fourth-order valence-corrected chi connectivity index (χ4v) is 1.99. The largest absolute Gasteiger partial charge is 0.310 e. The predicted octanol–water partition coefficient (Wildman–Crippen LogP) is 2.78. The van der Waals surface area contributed by atoms with E-state index in [1.165, 1.54) is 18.4 Å². The van der Waals surface area contributed by atoms with Crippen LogP contribution in [0.5, 0.6) is 0 Å². The van der Waals surface area contributed by atoms with Gasteiger partial charge in [0.15, 0.2) is 0 Å². The van der Waals surface area contributed by atoms with Gasteiger partial charge in [0.25, 0.3) is 0 Å². The average Bonchev–Trinajstić information content (AvgIpc) is 3.08. The van der Waals surface area contributed by atoms with Crippen LogP contribution < -0.4 is 5.32 Å². The summed E-state index contributed by atoms with van der Waals surface area (Å²) in [6.45, 7) is 0.887. The van der Waals surface area contributed by atoms with Gasteiger partial charge in [-0.2, -0.15) is 5.10 Å². The van der Waals surface area contributed by atoms with Gasteiger partial charge in [0.1, 0.15) is 0 Å². The lowest BCUT2D eigenvalue weighted by Gasteiger charge is -2.09. The van der Waals surface area contributed by atoms with E-state index in [9.17, 15) is 0 Å². The summed E-state index contributed by atoms with van der Waals surface area (Å²) in [7, 11) is 0. The number of nitrogens with one attached hydrogen (secondary N) is 1. The van der Waals surface area contributed by atoms with Crippen LogP contribution in [0.15, 0.2) is 36.7 Å². The summed E-state index contributed by atoms with van der Waals surface area (Å²) in [5, 5.41) is 8.42. The van der Waals surface area contributed by atoms with Crippen LogP contribution in [-0.4, -0.2) is 15.8 Å². The predicted molar refractivity (Wildman–Crippen MR) is 68.4 cm³/mol. The fraction of sp³-hybridized carbons (Fsp3) is 0.308. The van der Waals surface area contributed by atoms with Crippen molar-refractivity contribution in [3.05, 3.63) is 47.2 Å². The van der Waals surface area contributed by atoms with Gasteiger partial charge in [0, 0.05) is 18.8 Å². The summed E-state index contributed by atoms with van der Waals surface area (Å²) >= 11 is 5.90. The molecule has 1 fully saturated rings. The van der Waals surface area contributed by atoms with Gasteiger partial charge in [-0.05, 0) is 24.5 Å². The van der Waals surface area contributed by atoms with Crippen LogP contribution in [-0.2, 0) is 6.54 Å². The Morgan fingerprint density at radius 2 is 2.18 bits per heavy atom. The second-order valence-corrected chi connectivity index (χ2v) is 4.82. The van der Waals surface area contributed by atoms with Gasteiger partial charge in [-0.15, -0.1) is 0 Å². The van der Waals surface area contributed by atoms with Crippen LogP contribution in [0, 0.1) is 0 Å². The molecule has 17 heavy (non-hydrogen) atoms. The molecule has 0 atom stereocenters. The molecule has 3 rings (SSSR count). The number of benzene rings is 1. The summed E-state index contributed by atoms with van der Waals surface area (Å²) in [5.74, 6) is 0. The molecule has 1 aliphatic rings. The Balaban J connectivity index is 1.86. The molecule has 3 nitrogen and oxygen atoms in total. The third-order valence-electron chi connectivity index (χ3n) is 2.95. The molecule has 2 aromatic rings. The summed E-state index contributed by atoms with van der Waals surface area (Å²) < 4.78 is 1.83. The molecule has 0 aliphatic heterocycles. The van der Waals surface area contributed by atoms with E-state index in [2.05, 4.69) is 28.6 Å². The monoisotopic (exact) mass is 247 g/mol. The molecule has 88 valence electrons. The van der Waals surface area contributed by atoms with Gasteiger partial charge in [0.2, 0.25) is 0 Å². The fourth-order valence-electron chi connectivity index (χ4n) is 1.86. The number of hydrogen-bond donors (Lipinski definition) is 1. The first kappa shape index (κ1) is 10.8. The minimum atomic E-state index is 0.662. The van der Waals surface area contributed by atoms with Crippen molar-refractivity contribution < 1.29 is 0 Å². The summed E-state index contributed by atoms with van der Waals surface area (Å²) in [6, 6.07) is 8.97.